The second-order valence-electron chi connectivity index (χ2n) is 7.91. The lowest BCUT2D eigenvalue weighted by Crippen LogP contribution is -2.55. The standard InChI is InChI=1S/C22H25N5O4/c23-22(29)20-13-16-5-1-2-6-17(16)14-26(20)15-21(28)25-11-9-24(10-12-25)18-7-3-4-8-19(18)27(30)31/h1-8,20H,9-15H2,(H2,23,29)/t20-/m0/s1. The zero-order valence-corrected chi connectivity index (χ0v) is 17.1. The van der Waals surface area contributed by atoms with Gasteiger partial charge in [-0.2, -0.15) is 0 Å². The van der Waals surface area contributed by atoms with Gasteiger partial charge in [-0.1, -0.05) is 36.4 Å². The summed E-state index contributed by atoms with van der Waals surface area (Å²) in [6.45, 7) is 2.59. The third-order valence-corrected chi connectivity index (χ3v) is 6.06. The molecule has 162 valence electrons. The van der Waals surface area contributed by atoms with Crippen molar-refractivity contribution >= 4 is 23.2 Å². The minimum absolute atomic E-state index is 0.0622. The van der Waals surface area contributed by atoms with E-state index in [1.54, 1.807) is 23.1 Å². The molecule has 31 heavy (non-hydrogen) atoms. The number of hydrogen-bond donors (Lipinski definition) is 1. The first-order valence-electron chi connectivity index (χ1n) is 10.3. The van der Waals surface area contributed by atoms with E-state index in [9.17, 15) is 19.7 Å². The summed E-state index contributed by atoms with van der Waals surface area (Å²) in [6.07, 6.45) is 0.504. The molecule has 2 amide bonds. The summed E-state index contributed by atoms with van der Waals surface area (Å²) in [5.41, 5.74) is 8.46. The van der Waals surface area contributed by atoms with Gasteiger partial charge in [0, 0.05) is 38.8 Å². The van der Waals surface area contributed by atoms with E-state index in [-0.39, 0.29) is 23.1 Å². The van der Waals surface area contributed by atoms with E-state index < -0.39 is 11.9 Å². The third-order valence-electron chi connectivity index (χ3n) is 6.06. The molecule has 0 saturated carbocycles. The molecule has 1 saturated heterocycles. The quantitative estimate of drug-likeness (QED) is 0.570. The Bertz CT molecular complexity index is 1000. The zero-order chi connectivity index (χ0) is 22.0. The summed E-state index contributed by atoms with van der Waals surface area (Å²) in [5, 5.41) is 11.3. The van der Waals surface area contributed by atoms with E-state index in [0.717, 1.165) is 11.1 Å². The number of hydrogen-bond acceptors (Lipinski definition) is 6. The summed E-state index contributed by atoms with van der Waals surface area (Å²) >= 11 is 0. The highest BCUT2D eigenvalue weighted by Gasteiger charge is 2.33. The molecular weight excluding hydrogens is 398 g/mol. The molecule has 2 aliphatic heterocycles. The van der Waals surface area contributed by atoms with Gasteiger partial charge in [0.05, 0.1) is 17.5 Å². The van der Waals surface area contributed by atoms with E-state index >= 15 is 0 Å². The van der Waals surface area contributed by atoms with Gasteiger partial charge in [-0.3, -0.25) is 24.6 Å². The number of carbonyl (C=O) groups is 2. The van der Waals surface area contributed by atoms with Gasteiger partial charge in [0.2, 0.25) is 11.8 Å². The predicted molar refractivity (Wildman–Crippen MR) is 115 cm³/mol. The van der Waals surface area contributed by atoms with Gasteiger partial charge in [0.1, 0.15) is 5.69 Å². The van der Waals surface area contributed by atoms with Gasteiger partial charge in [-0.15, -0.1) is 0 Å². The lowest BCUT2D eigenvalue weighted by Gasteiger charge is -2.39. The fourth-order valence-corrected chi connectivity index (χ4v) is 4.38. The number of benzene rings is 2. The molecular formula is C22H25N5O4. The molecule has 9 heteroatoms. The molecule has 0 bridgehead atoms. The predicted octanol–water partition coefficient (Wildman–Crippen LogP) is 1.16. The lowest BCUT2D eigenvalue weighted by atomic mass is 9.93. The van der Waals surface area contributed by atoms with Crippen LogP contribution in [0.1, 0.15) is 11.1 Å². The normalized spacial score (nSPS) is 19.0. The van der Waals surface area contributed by atoms with Gasteiger partial charge in [0.25, 0.3) is 5.69 Å². The summed E-state index contributed by atoms with van der Waals surface area (Å²) < 4.78 is 0. The first-order valence-corrected chi connectivity index (χ1v) is 10.3. The van der Waals surface area contributed by atoms with Gasteiger partial charge in [-0.25, -0.2) is 0 Å². The van der Waals surface area contributed by atoms with Crippen LogP contribution in [0, 0.1) is 10.1 Å². The van der Waals surface area contributed by atoms with Crippen LogP contribution in [-0.2, 0) is 22.6 Å². The maximum Gasteiger partial charge on any atom is 0.292 e. The zero-order valence-electron chi connectivity index (χ0n) is 17.1. The smallest absolute Gasteiger partial charge is 0.292 e. The van der Waals surface area contributed by atoms with Crippen molar-refractivity contribution in [2.24, 2.45) is 5.73 Å². The Hall–Kier alpha value is -3.46. The number of nitro groups is 1. The second-order valence-corrected chi connectivity index (χ2v) is 7.91. The van der Waals surface area contributed by atoms with Crippen molar-refractivity contribution in [1.29, 1.82) is 0 Å². The van der Waals surface area contributed by atoms with E-state index in [1.165, 1.54) is 6.07 Å². The number of nitro benzene ring substituents is 1. The molecule has 0 aliphatic carbocycles. The Balaban J connectivity index is 1.40. The van der Waals surface area contributed by atoms with Crippen LogP contribution in [0.5, 0.6) is 0 Å². The Morgan fingerprint density at radius 1 is 1.00 bits per heavy atom. The molecule has 2 N–H and O–H groups in total. The van der Waals surface area contributed by atoms with Crippen LogP contribution in [0.15, 0.2) is 48.5 Å². The maximum atomic E-state index is 13.0. The van der Waals surface area contributed by atoms with Crippen molar-refractivity contribution < 1.29 is 14.5 Å². The van der Waals surface area contributed by atoms with Crippen molar-refractivity contribution in [1.82, 2.24) is 9.80 Å². The first-order chi connectivity index (χ1) is 14.9. The molecule has 0 spiro atoms. The summed E-state index contributed by atoms with van der Waals surface area (Å²) in [5.74, 6) is -0.489. The SMILES string of the molecule is NC(=O)[C@@H]1Cc2ccccc2CN1CC(=O)N1CCN(c2ccccc2[N+](=O)[O-])CC1. The van der Waals surface area contributed by atoms with Crippen LogP contribution in [0.25, 0.3) is 0 Å². The number of rotatable bonds is 5. The van der Waals surface area contributed by atoms with E-state index in [4.69, 9.17) is 5.73 Å². The average molecular weight is 423 g/mol. The molecule has 9 nitrogen and oxygen atoms in total. The molecule has 0 radical (unpaired) electrons. The Labute approximate surface area is 180 Å². The Kier molecular flexibility index (Phi) is 5.85. The van der Waals surface area contributed by atoms with Crippen LogP contribution in [-0.4, -0.2) is 65.3 Å². The number of nitrogens with two attached hydrogens (primary N) is 1. The molecule has 1 fully saturated rings. The average Bonchev–Trinajstić information content (AvgIpc) is 2.78. The first kappa shape index (κ1) is 20.8. The monoisotopic (exact) mass is 423 g/mol. The number of para-hydroxylation sites is 2. The van der Waals surface area contributed by atoms with E-state index in [2.05, 4.69) is 0 Å². The molecule has 1 atom stereocenters. The number of carbonyl (C=O) groups excluding carboxylic acids is 2. The summed E-state index contributed by atoms with van der Waals surface area (Å²) in [7, 11) is 0. The summed E-state index contributed by atoms with van der Waals surface area (Å²) in [6, 6.07) is 14.0. The van der Waals surface area contributed by atoms with Gasteiger partial charge >= 0.3 is 0 Å². The Morgan fingerprint density at radius 2 is 1.65 bits per heavy atom. The number of primary amides is 1. The minimum Gasteiger partial charge on any atom is -0.368 e. The summed E-state index contributed by atoms with van der Waals surface area (Å²) in [4.78, 5) is 41.4. The number of anilines is 1. The van der Waals surface area contributed by atoms with Crippen molar-refractivity contribution in [2.75, 3.05) is 37.6 Å². The van der Waals surface area contributed by atoms with Crippen LogP contribution in [0.2, 0.25) is 0 Å². The molecule has 0 aromatic heterocycles. The molecule has 0 unspecified atom stereocenters. The number of amides is 2. The van der Waals surface area contributed by atoms with Crippen molar-refractivity contribution in [3.63, 3.8) is 0 Å². The van der Waals surface area contributed by atoms with Crippen LogP contribution in [0.3, 0.4) is 0 Å². The van der Waals surface area contributed by atoms with E-state index in [1.807, 2.05) is 34.1 Å². The van der Waals surface area contributed by atoms with Crippen LogP contribution < -0.4 is 10.6 Å². The maximum absolute atomic E-state index is 13.0. The van der Waals surface area contributed by atoms with Crippen LogP contribution in [0.4, 0.5) is 11.4 Å². The molecule has 4 rings (SSSR count). The number of nitrogens with zero attached hydrogens (tertiary/aromatic N) is 4. The highest BCUT2D eigenvalue weighted by Crippen LogP contribution is 2.28. The van der Waals surface area contributed by atoms with E-state index in [0.29, 0.717) is 44.8 Å². The second kappa shape index (κ2) is 8.73. The van der Waals surface area contributed by atoms with Gasteiger partial charge in [0.15, 0.2) is 0 Å². The Morgan fingerprint density at radius 3 is 2.32 bits per heavy atom. The number of piperazine rings is 1. The highest BCUT2D eigenvalue weighted by molar-refractivity contribution is 5.83. The lowest BCUT2D eigenvalue weighted by molar-refractivity contribution is -0.384. The fraction of sp³-hybridized carbons (Fsp3) is 0.364. The molecule has 2 aromatic rings. The third kappa shape index (κ3) is 4.36. The fourth-order valence-electron chi connectivity index (χ4n) is 4.38. The molecule has 2 aliphatic rings. The van der Waals surface area contributed by atoms with Crippen molar-refractivity contribution in [3.05, 3.63) is 69.8 Å². The van der Waals surface area contributed by atoms with Gasteiger partial charge in [-0.05, 0) is 23.6 Å². The largest absolute Gasteiger partial charge is 0.368 e. The van der Waals surface area contributed by atoms with Crippen LogP contribution >= 0.6 is 0 Å². The van der Waals surface area contributed by atoms with Crippen molar-refractivity contribution in [2.45, 2.75) is 19.0 Å². The molecule has 2 aromatic carbocycles. The minimum atomic E-state index is -0.507. The van der Waals surface area contributed by atoms with Gasteiger partial charge < -0.3 is 15.5 Å². The van der Waals surface area contributed by atoms with Crippen molar-refractivity contribution in [3.8, 4) is 0 Å². The molecule has 2 heterocycles. The number of fused-ring (bicyclic) bond motifs is 1. The topological polar surface area (TPSA) is 113 Å². The highest BCUT2D eigenvalue weighted by atomic mass is 16.6.